The second-order valence-electron chi connectivity index (χ2n) is 7.89. The van der Waals surface area contributed by atoms with Crippen molar-refractivity contribution < 1.29 is 4.79 Å². The van der Waals surface area contributed by atoms with Gasteiger partial charge in [0.2, 0.25) is 0 Å². The van der Waals surface area contributed by atoms with Crippen molar-refractivity contribution in [3.05, 3.63) is 64.0 Å². The maximum absolute atomic E-state index is 13.4. The lowest BCUT2D eigenvalue weighted by molar-refractivity contribution is -0.124. The van der Waals surface area contributed by atoms with Crippen LogP contribution in [0.15, 0.2) is 57.9 Å². The quantitative estimate of drug-likeness (QED) is 0.441. The van der Waals surface area contributed by atoms with E-state index in [1.807, 2.05) is 40.8 Å². The smallest absolute Gasteiger partial charge is 0.267 e. The number of nitrogens with zero attached hydrogens (tertiary/aromatic N) is 3. The number of rotatable bonds is 3. The second kappa shape index (κ2) is 8.36. The van der Waals surface area contributed by atoms with Crippen LogP contribution in [0, 0.1) is 6.92 Å². The molecule has 2 aliphatic rings. The van der Waals surface area contributed by atoms with Gasteiger partial charge in [0, 0.05) is 6.04 Å². The summed E-state index contributed by atoms with van der Waals surface area (Å²) in [5.41, 5.74) is 5.98. The number of benzene rings is 2. The summed E-state index contributed by atoms with van der Waals surface area (Å²) >= 11 is 3.12. The lowest BCUT2D eigenvalue weighted by Crippen LogP contribution is -2.40. The third-order valence-electron chi connectivity index (χ3n) is 5.69. The molecule has 3 aromatic rings. The Bertz CT molecular complexity index is 1140. The molecule has 0 spiro atoms. The summed E-state index contributed by atoms with van der Waals surface area (Å²) in [4.78, 5) is 25.3. The van der Waals surface area contributed by atoms with Gasteiger partial charge in [-0.3, -0.25) is 9.69 Å². The number of carbonyl (C=O) groups is 1. The maximum atomic E-state index is 13.4. The van der Waals surface area contributed by atoms with Gasteiger partial charge in [0.25, 0.3) is 5.91 Å². The van der Waals surface area contributed by atoms with E-state index in [0.717, 1.165) is 44.4 Å². The van der Waals surface area contributed by atoms with Crippen LogP contribution in [0.1, 0.15) is 43.2 Å². The first-order valence-electron chi connectivity index (χ1n) is 10.4. The van der Waals surface area contributed by atoms with E-state index >= 15 is 0 Å². The van der Waals surface area contributed by atoms with Crippen molar-refractivity contribution in [2.45, 2.75) is 45.1 Å². The van der Waals surface area contributed by atoms with Crippen molar-refractivity contribution in [1.29, 1.82) is 0 Å². The third kappa shape index (κ3) is 3.94. The number of hydrogen-bond donors (Lipinski definition) is 0. The molecule has 1 aliphatic carbocycles. The summed E-state index contributed by atoms with van der Waals surface area (Å²) in [6.07, 6.45) is 7.72. The standard InChI is InChI=1S/C24H23N3OS2/c1-16-7-10-18(11-8-16)26-24-27(19-5-3-2-4-6-19)23(28)22(30-24)14-17-9-12-20-21(13-17)29-15-25-20/h7-15,19H,2-6H2,1H3. The van der Waals surface area contributed by atoms with Crippen LogP contribution in [0.5, 0.6) is 0 Å². The fraction of sp³-hybridized carbons (Fsp3) is 0.292. The molecule has 0 N–H and O–H groups in total. The largest absolute Gasteiger partial charge is 0.283 e. The Labute approximate surface area is 184 Å². The fourth-order valence-electron chi connectivity index (χ4n) is 4.07. The van der Waals surface area contributed by atoms with Gasteiger partial charge < -0.3 is 0 Å². The molecule has 0 unspecified atom stereocenters. The molecule has 1 saturated carbocycles. The highest BCUT2D eigenvalue weighted by molar-refractivity contribution is 8.18. The molecule has 2 aromatic carbocycles. The molecule has 6 heteroatoms. The number of amidine groups is 1. The number of fused-ring (bicyclic) bond motifs is 1. The number of aryl methyl sites for hydroxylation is 1. The van der Waals surface area contributed by atoms with Crippen LogP contribution < -0.4 is 0 Å². The molecule has 1 aromatic heterocycles. The van der Waals surface area contributed by atoms with E-state index < -0.39 is 0 Å². The zero-order chi connectivity index (χ0) is 20.5. The van der Waals surface area contributed by atoms with Gasteiger partial charge in [0.1, 0.15) is 0 Å². The minimum absolute atomic E-state index is 0.0853. The Kier molecular flexibility index (Phi) is 5.44. The van der Waals surface area contributed by atoms with Gasteiger partial charge in [-0.05, 0) is 67.4 Å². The van der Waals surface area contributed by atoms with E-state index in [-0.39, 0.29) is 11.9 Å². The van der Waals surface area contributed by atoms with Gasteiger partial charge in [-0.2, -0.15) is 0 Å². The van der Waals surface area contributed by atoms with Crippen LogP contribution in [0.2, 0.25) is 0 Å². The number of amides is 1. The molecule has 152 valence electrons. The van der Waals surface area contributed by atoms with Gasteiger partial charge in [-0.15, -0.1) is 11.3 Å². The van der Waals surface area contributed by atoms with Crippen molar-refractivity contribution in [3.8, 4) is 0 Å². The Hall–Kier alpha value is -2.44. The van der Waals surface area contributed by atoms with E-state index in [0.29, 0.717) is 0 Å². The highest BCUT2D eigenvalue weighted by atomic mass is 32.2. The summed E-state index contributed by atoms with van der Waals surface area (Å²) in [7, 11) is 0. The van der Waals surface area contributed by atoms with Crippen LogP contribution in [0.3, 0.4) is 0 Å². The SMILES string of the molecule is Cc1ccc(N=C2SC(=Cc3ccc4ncsc4c3)C(=O)N2C2CCCCC2)cc1. The molecular weight excluding hydrogens is 410 g/mol. The molecule has 0 atom stereocenters. The molecule has 1 saturated heterocycles. The minimum Gasteiger partial charge on any atom is -0.283 e. The maximum Gasteiger partial charge on any atom is 0.267 e. The zero-order valence-corrected chi connectivity index (χ0v) is 18.5. The monoisotopic (exact) mass is 433 g/mol. The van der Waals surface area contributed by atoms with Crippen LogP contribution in [0.25, 0.3) is 16.3 Å². The van der Waals surface area contributed by atoms with Crippen molar-refractivity contribution in [3.63, 3.8) is 0 Å². The predicted octanol–water partition coefficient (Wildman–Crippen LogP) is 6.54. The van der Waals surface area contributed by atoms with Gasteiger partial charge in [-0.1, -0.05) is 43.0 Å². The summed E-state index contributed by atoms with van der Waals surface area (Å²) in [5.74, 6) is 0.0853. The molecule has 0 bridgehead atoms. The molecule has 1 amide bonds. The molecule has 2 heterocycles. The van der Waals surface area contributed by atoms with Gasteiger partial charge >= 0.3 is 0 Å². The fourth-order valence-corrected chi connectivity index (χ4v) is 5.85. The summed E-state index contributed by atoms with van der Waals surface area (Å²) in [6.45, 7) is 2.07. The number of aliphatic imine (C=N–C) groups is 1. The number of carbonyl (C=O) groups excluding carboxylic acids is 1. The molecule has 4 nitrogen and oxygen atoms in total. The predicted molar refractivity (Wildman–Crippen MR) is 127 cm³/mol. The van der Waals surface area contributed by atoms with Crippen molar-refractivity contribution in [2.75, 3.05) is 0 Å². The molecule has 30 heavy (non-hydrogen) atoms. The van der Waals surface area contributed by atoms with E-state index in [9.17, 15) is 4.79 Å². The highest BCUT2D eigenvalue weighted by Crippen LogP contribution is 2.38. The topological polar surface area (TPSA) is 45.6 Å². The molecule has 5 rings (SSSR count). The molecule has 1 aliphatic heterocycles. The van der Waals surface area contributed by atoms with Crippen molar-refractivity contribution in [1.82, 2.24) is 9.88 Å². The summed E-state index contributed by atoms with van der Waals surface area (Å²) < 4.78 is 1.14. The average molecular weight is 434 g/mol. The average Bonchev–Trinajstić information content (AvgIpc) is 3.34. The van der Waals surface area contributed by atoms with E-state index in [2.05, 4.69) is 30.1 Å². The van der Waals surface area contributed by atoms with Crippen LogP contribution in [0.4, 0.5) is 5.69 Å². The van der Waals surface area contributed by atoms with E-state index in [4.69, 9.17) is 4.99 Å². The van der Waals surface area contributed by atoms with Crippen LogP contribution in [-0.2, 0) is 4.79 Å². The zero-order valence-electron chi connectivity index (χ0n) is 16.9. The molecule has 0 radical (unpaired) electrons. The van der Waals surface area contributed by atoms with Gasteiger partial charge in [-0.25, -0.2) is 9.98 Å². The Morgan fingerprint density at radius 1 is 1.10 bits per heavy atom. The minimum atomic E-state index is 0.0853. The highest BCUT2D eigenvalue weighted by Gasteiger charge is 2.38. The lowest BCUT2D eigenvalue weighted by Gasteiger charge is -2.30. The Morgan fingerprint density at radius 2 is 1.90 bits per heavy atom. The van der Waals surface area contributed by atoms with E-state index in [1.54, 1.807) is 11.3 Å². The lowest BCUT2D eigenvalue weighted by atomic mass is 9.94. The number of hydrogen-bond acceptors (Lipinski definition) is 5. The number of aromatic nitrogens is 1. The molecule has 2 fully saturated rings. The Balaban J connectivity index is 1.51. The van der Waals surface area contributed by atoms with Crippen molar-refractivity contribution >= 4 is 56.2 Å². The number of thiazole rings is 1. The second-order valence-corrected chi connectivity index (χ2v) is 9.78. The van der Waals surface area contributed by atoms with Crippen molar-refractivity contribution in [2.24, 2.45) is 4.99 Å². The van der Waals surface area contributed by atoms with E-state index in [1.165, 1.54) is 36.6 Å². The van der Waals surface area contributed by atoms with Gasteiger partial charge in [0.05, 0.1) is 26.3 Å². The summed E-state index contributed by atoms with van der Waals surface area (Å²) in [5, 5.41) is 0.806. The first-order valence-corrected chi connectivity index (χ1v) is 12.1. The number of thioether (sulfide) groups is 1. The molecular formula is C24H23N3OS2. The van der Waals surface area contributed by atoms with Crippen LogP contribution in [-0.4, -0.2) is 27.0 Å². The first kappa shape index (κ1) is 19.5. The van der Waals surface area contributed by atoms with Crippen LogP contribution >= 0.6 is 23.1 Å². The Morgan fingerprint density at radius 3 is 2.70 bits per heavy atom. The normalized spacial score (nSPS) is 20.7. The first-order chi connectivity index (χ1) is 14.7. The summed E-state index contributed by atoms with van der Waals surface area (Å²) in [6, 6.07) is 14.6. The third-order valence-corrected chi connectivity index (χ3v) is 7.46. The van der Waals surface area contributed by atoms with Gasteiger partial charge in [0.15, 0.2) is 5.17 Å².